The van der Waals surface area contributed by atoms with Crippen LogP contribution in [0.25, 0.3) is 16.7 Å². The standard InChI is InChI=1S/C22H20N6O3/c29-20(15-4-1-5-17(14-15)27-11-3-10-24-27)26-12-7-16(8-13-26)28-21(30)18-6-2-9-23-19(18)25-22(28)31/h1-6,9-11,14,16H,7-8,12-13H2,(H,23,25,31). The number of rotatable bonds is 3. The lowest BCUT2D eigenvalue weighted by Gasteiger charge is -2.32. The zero-order valence-electron chi connectivity index (χ0n) is 16.6. The number of H-pyrrole nitrogens is 1. The maximum Gasteiger partial charge on any atom is 0.330 e. The summed E-state index contributed by atoms with van der Waals surface area (Å²) in [5.41, 5.74) is 0.877. The zero-order valence-corrected chi connectivity index (χ0v) is 16.6. The average Bonchev–Trinajstić information content (AvgIpc) is 3.34. The summed E-state index contributed by atoms with van der Waals surface area (Å²) in [4.78, 5) is 46.9. The van der Waals surface area contributed by atoms with E-state index >= 15 is 0 Å². The quantitative estimate of drug-likeness (QED) is 0.548. The minimum absolute atomic E-state index is 0.0728. The van der Waals surface area contributed by atoms with Crippen molar-refractivity contribution >= 4 is 16.9 Å². The van der Waals surface area contributed by atoms with Gasteiger partial charge in [0.15, 0.2) is 0 Å². The summed E-state index contributed by atoms with van der Waals surface area (Å²) in [6.07, 6.45) is 6.10. The number of aromatic amines is 1. The fourth-order valence-corrected chi connectivity index (χ4v) is 4.11. The van der Waals surface area contributed by atoms with Crippen LogP contribution in [0.15, 0.2) is 70.6 Å². The van der Waals surface area contributed by atoms with Gasteiger partial charge < -0.3 is 4.90 Å². The summed E-state index contributed by atoms with van der Waals surface area (Å²) in [6.45, 7) is 0.929. The Labute approximate surface area is 176 Å². The Morgan fingerprint density at radius 2 is 1.87 bits per heavy atom. The second kappa shape index (κ2) is 7.67. The Morgan fingerprint density at radius 1 is 1.03 bits per heavy atom. The number of nitrogens with zero attached hydrogens (tertiary/aromatic N) is 5. The number of likely N-dealkylation sites (tertiary alicyclic amines) is 1. The van der Waals surface area contributed by atoms with Crippen molar-refractivity contribution < 1.29 is 4.79 Å². The van der Waals surface area contributed by atoms with Crippen LogP contribution in [-0.4, -0.2) is 48.2 Å². The van der Waals surface area contributed by atoms with E-state index in [1.165, 1.54) is 10.8 Å². The van der Waals surface area contributed by atoms with Gasteiger partial charge in [0.05, 0.1) is 11.1 Å². The fourth-order valence-electron chi connectivity index (χ4n) is 4.11. The van der Waals surface area contributed by atoms with Gasteiger partial charge in [-0.1, -0.05) is 6.07 Å². The third kappa shape index (κ3) is 3.43. The smallest absolute Gasteiger partial charge is 0.330 e. The Kier molecular flexibility index (Phi) is 4.70. The Bertz CT molecular complexity index is 1360. The van der Waals surface area contributed by atoms with Gasteiger partial charge in [-0.15, -0.1) is 0 Å². The van der Waals surface area contributed by atoms with Crippen LogP contribution in [-0.2, 0) is 0 Å². The lowest BCUT2D eigenvalue weighted by atomic mass is 10.0. The molecule has 1 aliphatic rings. The van der Waals surface area contributed by atoms with Crippen molar-refractivity contribution in [3.05, 3.63) is 87.5 Å². The largest absolute Gasteiger partial charge is 0.338 e. The number of benzene rings is 1. The predicted octanol–water partition coefficient (Wildman–Crippen LogP) is 1.75. The van der Waals surface area contributed by atoms with Crippen LogP contribution in [0.5, 0.6) is 0 Å². The minimum atomic E-state index is -0.465. The highest BCUT2D eigenvalue weighted by molar-refractivity contribution is 5.94. The summed E-state index contributed by atoms with van der Waals surface area (Å²) in [5.74, 6) is -0.0728. The van der Waals surface area contributed by atoms with E-state index in [4.69, 9.17) is 0 Å². The molecule has 0 radical (unpaired) electrons. The second-order valence-electron chi connectivity index (χ2n) is 7.53. The van der Waals surface area contributed by atoms with Crippen molar-refractivity contribution in [2.24, 2.45) is 0 Å². The van der Waals surface area contributed by atoms with Gasteiger partial charge in [0, 0.05) is 43.3 Å². The monoisotopic (exact) mass is 416 g/mol. The number of hydrogen-bond donors (Lipinski definition) is 1. The van der Waals surface area contributed by atoms with Crippen LogP contribution in [0.2, 0.25) is 0 Å². The molecule has 1 amide bonds. The molecule has 31 heavy (non-hydrogen) atoms. The minimum Gasteiger partial charge on any atom is -0.338 e. The molecule has 3 aromatic heterocycles. The molecular weight excluding hydrogens is 396 g/mol. The SMILES string of the molecule is O=C(c1cccc(-n2cccn2)c1)N1CCC(n2c(=O)[nH]c3ncccc3c2=O)CC1. The molecule has 156 valence electrons. The van der Waals surface area contributed by atoms with Crippen LogP contribution in [0, 0.1) is 0 Å². The number of pyridine rings is 1. The number of amides is 1. The third-order valence-corrected chi connectivity index (χ3v) is 5.68. The first kappa shape index (κ1) is 19.0. The Hall–Kier alpha value is -4.01. The van der Waals surface area contributed by atoms with Crippen molar-refractivity contribution in [1.29, 1.82) is 0 Å². The van der Waals surface area contributed by atoms with Crippen molar-refractivity contribution in [2.45, 2.75) is 18.9 Å². The summed E-state index contributed by atoms with van der Waals surface area (Å²) in [6, 6.07) is 12.2. The number of carbonyl (C=O) groups excluding carboxylic acids is 1. The van der Waals surface area contributed by atoms with Crippen molar-refractivity contribution in [2.75, 3.05) is 13.1 Å². The molecule has 1 fully saturated rings. The van der Waals surface area contributed by atoms with Crippen molar-refractivity contribution in [3.63, 3.8) is 0 Å². The number of carbonyl (C=O) groups is 1. The topological polar surface area (TPSA) is 106 Å². The van der Waals surface area contributed by atoms with Gasteiger partial charge in [-0.3, -0.25) is 19.1 Å². The second-order valence-corrected chi connectivity index (χ2v) is 7.53. The Balaban J connectivity index is 1.35. The molecule has 5 rings (SSSR count). The van der Waals surface area contributed by atoms with E-state index in [0.717, 1.165) is 5.69 Å². The number of fused-ring (bicyclic) bond motifs is 1. The molecule has 0 saturated carbocycles. The van der Waals surface area contributed by atoms with Crippen LogP contribution < -0.4 is 11.2 Å². The molecule has 1 N–H and O–H groups in total. The van der Waals surface area contributed by atoms with E-state index < -0.39 is 5.69 Å². The van der Waals surface area contributed by atoms with E-state index in [1.54, 1.807) is 34.0 Å². The summed E-state index contributed by atoms with van der Waals surface area (Å²) >= 11 is 0. The van der Waals surface area contributed by atoms with Gasteiger partial charge in [0.2, 0.25) is 0 Å². The maximum atomic E-state index is 13.0. The van der Waals surface area contributed by atoms with E-state index in [1.807, 2.05) is 30.5 Å². The fraction of sp³-hybridized carbons (Fsp3) is 0.227. The maximum absolute atomic E-state index is 13.0. The first-order chi connectivity index (χ1) is 15.1. The number of piperidine rings is 1. The van der Waals surface area contributed by atoms with Gasteiger partial charge in [0.1, 0.15) is 5.65 Å². The molecule has 1 aromatic carbocycles. The Morgan fingerprint density at radius 3 is 2.65 bits per heavy atom. The lowest BCUT2D eigenvalue weighted by Crippen LogP contribution is -2.45. The van der Waals surface area contributed by atoms with Crippen LogP contribution in [0.3, 0.4) is 0 Å². The molecule has 4 heterocycles. The van der Waals surface area contributed by atoms with Gasteiger partial charge in [0.25, 0.3) is 11.5 Å². The van der Waals surface area contributed by atoms with E-state index in [-0.39, 0.29) is 17.5 Å². The predicted molar refractivity (Wildman–Crippen MR) is 114 cm³/mol. The normalized spacial score (nSPS) is 14.8. The van der Waals surface area contributed by atoms with Crippen LogP contribution in [0.1, 0.15) is 29.2 Å². The van der Waals surface area contributed by atoms with Gasteiger partial charge in [-0.2, -0.15) is 5.10 Å². The molecule has 0 unspecified atom stereocenters. The summed E-state index contributed by atoms with van der Waals surface area (Å²) < 4.78 is 2.97. The van der Waals surface area contributed by atoms with Crippen molar-refractivity contribution in [3.8, 4) is 5.69 Å². The molecule has 0 spiro atoms. The molecule has 0 bridgehead atoms. The lowest BCUT2D eigenvalue weighted by molar-refractivity contribution is 0.0692. The molecule has 0 atom stereocenters. The molecular formula is C22H20N6O3. The first-order valence-corrected chi connectivity index (χ1v) is 10.1. The number of nitrogens with one attached hydrogen (secondary N) is 1. The van der Waals surface area contributed by atoms with Gasteiger partial charge in [-0.25, -0.2) is 14.5 Å². The molecule has 9 heteroatoms. The highest BCUT2D eigenvalue weighted by Gasteiger charge is 2.27. The van der Waals surface area contributed by atoms with Crippen molar-refractivity contribution in [1.82, 2.24) is 29.2 Å². The average molecular weight is 416 g/mol. The third-order valence-electron chi connectivity index (χ3n) is 5.68. The molecule has 0 aliphatic carbocycles. The highest BCUT2D eigenvalue weighted by atomic mass is 16.2. The molecule has 4 aromatic rings. The number of aromatic nitrogens is 5. The van der Waals surface area contributed by atoms with Gasteiger partial charge in [-0.05, 0) is 49.2 Å². The summed E-state index contributed by atoms with van der Waals surface area (Å²) in [5, 5.41) is 4.59. The molecule has 1 saturated heterocycles. The van der Waals surface area contributed by atoms with Crippen LogP contribution in [0.4, 0.5) is 0 Å². The van der Waals surface area contributed by atoms with E-state index in [0.29, 0.717) is 42.5 Å². The van der Waals surface area contributed by atoms with E-state index in [9.17, 15) is 14.4 Å². The van der Waals surface area contributed by atoms with Crippen LogP contribution >= 0.6 is 0 Å². The number of hydrogen-bond acceptors (Lipinski definition) is 5. The van der Waals surface area contributed by atoms with E-state index in [2.05, 4.69) is 15.1 Å². The summed E-state index contributed by atoms with van der Waals surface area (Å²) in [7, 11) is 0. The highest BCUT2D eigenvalue weighted by Crippen LogP contribution is 2.22. The molecule has 9 nitrogen and oxygen atoms in total. The van der Waals surface area contributed by atoms with Gasteiger partial charge >= 0.3 is 5.69 Å². The molecule has 1 aliphatic heterocycles. The zero-order chi connectivity index (χ0) is 21.4. The first-order valence-electron chi connectivity index (χ1n) is 10.1.